The molecule has 0 aromatic heterocycles. The van der Waals surface area contributed by atoms with Crippen molar-refractivity contribution in [3.63, 3.8) is 0 Å². The topological polar surface area (TPSA) is 9.23 Å². The van der Waals surface area contributed by atoms with Crippen LogP contribution in [-0.4, -0.2) is 12.5 Å². The Morgan fingerprint density at radius 1 is 0.857 bits per heavy atom. The highest BCUT2D eigenvalue weighted by Gasteiger charge is 2.11. The van der Waals surface area contributed by atoms with Crippen LogP contribution in [0.25, 0.3) is 5.57 Å². The zero-order chi connectivity index (χ0) is 19.4. The van der Waals surface area contributed by atoms with Crippen molar-refractivity contribution in [3.8, 4) is 11.8 Å². The molecule has 0 saturated carbocycles. The number of halogens is 1. The molecule has 1 nitrogen and oxygen atoms in total. The second kappa shape index (κ2) is 11.1. The summed E-state index contributed by atoms with van der Waals surface area (Å²) in [5.74, 6) is 7.09. The smallest absolute Gasteiger partial charge is 0.0860 e. The zero-order valence-corrected chi connectivity index (χ0v) is 16.5. The molecule has 0 aliphatic rings. The molecule has 140 valence electrons. The minimum absolute atomic E-state index is 0.0443. The van der Waals surface area contributed by atoms with Gasteiger partial charge in [-0.1, -0.05) is 96.8 Å². The molecule has 3 rings (SSSR count). The highest BCUT2D eigenvalue weighted by Crippen LogP contribution is 2.24. The molecule has 0 saturated heterocycles. The van der Waals surface area contributed by atoms with E-state index >= 15 is 0 Å². The minimum atomic E-state index is -0.0443. The zero-order valence-electron chi connectivity index (χ0n) is 15.7. The first-order valence-corrected chi connectivity index (χ1v) is 9.95. The van der Waals surface area contributed by atoms with Gasteiger partial charge >= 0.3 is 0 Å². The summed E-state index contributed by atoms with van der Waals surface area (Å²) in [6.07, 6.45) is 2.85. The molecule has 0 radical (unpaired) electrons. The Morgan fingerprint density at radius 3 is 2.11 bits per heavy atom. The maximum Gasteiger partial charge on any atom is 0.0860 e. The normalized spacial score (nSPS) is 12.1. The molecule has 1 atom stereocenters. The minimum Gasteiger partial charge on any atom is -0.372 e. The monoisotopic (exact) mass is 386 g/mol. The van der Waals surface area contributed by atoms with Crippen molar-refractivity contribution in [2.45, 2.75) is 12.5 Å². The number of allylic oxidation sites excluding steroid dienone is 1. The highest BCUT2D eigenvalue weighted by atomic mass is 35.5. The number of hydrogen-bond donors (Lipinski definition) is 0. The molecule has 28 heavy (non-hydrogen) atoms. The Hall–Kier alpha value is -2.79. The summed E-state index contributed by atoms with van der Waals surface area (Å²) in [4.78, 5) is 0. The Kier molecular flexibility index (Phi) is 7.94. The molecule has 3 aromatic carbocycles. The molecule has 0 aliphatic heterocycles. The standard InChI is InChI=1S/C26H23ClO/c27-20-21-28-26(25-14-8-3-9-15-25)19-18-24(23-12-6-2-7-13-23)17-16-22-10-4-1-5-11-22/h1-15,18,26H,19-21H2/b24-18+. The summed E-state index contributed by atoms with van der Waals surface area (Å²) in [7, 11) is 0. The predicted octanol–water partition coefficient (Wildman–Crippen LogP) is 6.51. The molecule has 1 unspecified atom stereocenters. The van der Waals surface area contributed by atoms with E-state index in [1.54, 1.807) is 0 Å². The average molecular weight is 387 g/mol. The molecule has 0 heterocycles. The van der Waals surface area contributed by atoms with Crippen molar-refractivity contribution >= 4 is 17.2 Å². The molecule has 0 N–H and O–H groups in total. The van der Waals surface area contributed by atoms with Crippen LogP contribution in [-0.2, 0) is 4.74 Å². The molecule has 3 aromatic rings. The van der Waals surface area contributed by atoms with Gasteiger partial charge in [-0.2, -0.15) is 0 Å². The van der Waals surface area contributed by atoms with E-state index in [2.05, 4.69) is 42.2 Å². The van der Waals surface area contributed by atoms with Gasteiger partial charge in [-0.3, -0.25) is 0 Å². The second-order valence-electron chi connectivity index (χ2n) is 6.29. The quantitative estimate of drug-likeness (QED) is 0.332. The average Bonchev–Trinajstić information content (AvgIpc) is 2.77. The van der Waals surface area contributed by atoms with E-state index in [4.69, 9.17) is 16.3 Å². The number of alkyl halides is 1. The summed E-state index contributed by atoms with van der Waals surface area (Å²) in [5.41, 5.74) is 4.25. The molecule has 2 heteroatoms. The van der Waals surface area contributed by atoms with E-state index in [0.29, 0.717) is 12.5 Å². The first kappa shape index (κ1) is 20.0. The van der Waals surface area contributed by atoms with Crippen LogP contribution >= 0.6 is 11.6 Å². The lowest BCUT2D eigenvalue weighted by Gasteiger charge is -2.16. The third-order valence-corrected chi connectivity index (χ3v) is 4.46. The van der Waals surface area contributed by atoms with Gasteiger partial charge in [-0.15, -0.1) is 11.6 Å². The summed E-state index contributed by atoms with van der Waals surface area (Å²) in [5, 5.41) is 0. The van der Waals surface area contributed by atoms with Crippen molar-refractivity contribution in [2.75, 3.05) is 12.5 Å². The fourth-order valence-electron chi connectivity index (χ4n) is 2.90. The van der Waals surface area contributed by atoms with Crippen LogP contribution in [0.5, 0.6) is 0 Å². The second-order valence-corrected chi connectivity index (χ2v) is 6.67. The van der Waals surface area contributed by atoms with Gasteiger partial charge in [0.05, 0.1) is 12.7 Å². The fourth-order valence-corrected chi connectivity index (χ4v) is 2.99. The van der Waals surface area contributed by atoms with E-state index in [0.717, 1.165) is 28.7 Å². The van der Waals surface area contributed by atoms with Crippen molar-refractivity contribution in [2.24, 2.45) is 0 Å². The summed E-state index contributed by atoms with van der Waals surface area (Å²) in [6.45, 7) is 0.519. The van der Waals surface area contributed by atoms with E-state index in [9.17, 15) is 0 Å². The number of benzene rings is 3. The van der Waals surface area contributed by atoms with Gasteiger partial charge in [-0.05, 0) is 29.7 Å². The van der Waals surface area contributed by atoms with Crippen molar-refractivity contribution in [1.82, 2.24) is 0 Å². The lowest BCUT2D eigenvalue weighted by Crippen LogP contribution is -2.06. The molecule has 0 amide bonds. The predicted molar refractivity (Wildman–Crippen MR) is 118 cm³/mol. The van der Waals surface area contributed by atoms with Gasteiger partial charge < -0.3 is 4.74 Å². The maximum absolute atomic E-state index is 6.00. The summed E-state index contributed by atoms with van der Waals surface area (Å²) >= 11 is 5.85. The lowest BCUT2D eigenvalue weighted by molar-refractivity contribution is 0.0662. The van der Waals surface area contributed by atoms with Crippen molar-refractivity contribution in [1.29, 1.82) is 0 Å². The number of rotatable bonds is 7. The maximum atomic E-state index is 6.00. The Balaban J connectivity index is 1.88. The SMILES string of the molecule is ClCCOC(C/C=C(\C#Cc1ccccc1)c1ccccc1)c1ccccc1. The van der Waals surface area contributed by atoms with Gasteiger partial charge in [0, 0.05) is 17.0 Å². The van der Waals surface area contributed by atoms with Gasteiger partial charge in [0.25, 0.3) is 0 Å². The van der Waals surface area contributed by atoms with E-state index in [1.807, 2.05) is 66.7 Å². The Bertz CT molecular complexity index is 922. The first-order valence-electron chi connectivity index (χ1n) is 9.42. The Morgan fingerprint density at radius 2 is 1.46 bits per heavy atom. The highest BCUT2D eigenvalue weighted by molar-refractivity contribution is 6.17. The van der Waals surface area contributed by atoms with Crippen LogP contribution in [0.1, 0.15) is 29.2 Å². The first-order chi connectivity index (χ1) is 13.9. The summed E-state index contributed by atoms with van der Waals surface area (Å²) < 4.78 is 6.00. The largest absolute Gasteiger partial charge is 0.372 e. The van der Waals surface area contributed by atoms with Gasteiger partial charge in [-0.25, -0.2) is 0 Å². The van der Waals surface area contributed by atoms with Crippen molar-refractivity contribution < 1.29 is 4.74 Å². The fraction of sp³-hybridized carbons (Fsp3) is 0.154. The van der Waals surface area contributed by atoms with Gasteiger partial charge in [0.1, 0.15) is 0 Å². The third kappa shape index (κ3) is 6.13. The molecule has 0 bridgehead atoms. The van der Waals surface area contributed by atoms with Gasteiger partial charge in [0.2, 0.25) is 0 Å². The molecule has 0 spiro atoms. The van der Waals surface area contributed by atoms with E-state index in [-0.39, 0.29) is 6.10 Å². The molecular formula is C26H23ClO. The van der Waals surface area contributed by atoms with Crippen LogP contribution in [0.3, 0.4) is 0 Å². The van der Waals surface area contributed by atoms with Gasteiger partial charge in [0.15, 0.2) is 0 Å². The number of ether oxygens (including phenoxy) is 1. The molecular weight excluding hydrogens is 364 g/mol. The van der Waals surface area contributed by atoms with Crippen LogP contribution in [0, 0.1) is 11.8 Å². The van der Waals surface area contributed by atoms with Crippen molar-refractivity contribution in [3.05, 3.63) is 114 Å². The van der Waals surface area contributed by atoms with E-state index < -0.39 is 0 Å². The van der Waals surface area contributed by atoms with Crippen LogP contribution in [0.4, 0.5) is 0 Å². The van der Waals surface area contributed by atoms with Crippen LogP contribution < -0.4 is 0 Å². The molecule has 0 fully saturated rings. The summed E-state index contributed by atoms with van der Waals surface area (Å²) in [6, 6.07) is 30.5. The number of hydrogen-bond acceptors (Lipinski definition) is 1. The third-order valence-electron chi connectivity index (χ3n) is 4.30. The van der Waals surface area contributed by atoms with E-state index in [1.165, 1.54) is 0 Å². The molecule has 0 aliphatic carbocycles. The lowest BCUT2D eigenvalue weighted by atomic mass is 10.0. The van der Waals surface area contributed by atoms with Crippen LogP contribution in [0.15, 0.2) is 97.1 Å². The van der Waals surface area contributed by atoms with Crippen LogP contribution in [0.2, 0.25) is 0 Å². The Labute approximate surface area is 172 Å².